The van der Waals surface area contributed by atoms with Crippen molar-refractivity contribution in [3.05, 3.63) is 63.5 Å². The smallest absolute Gasteiger partial charge is 0.336 e. The summed E-state index contributed by atoms with van der Waals surface area (Å²) < 4.78 is 22.8. The van der Waals surface area contributed by atoms with Gasteiger partial charge in [0.1, 0.15) is 17.9 Å². The highest BCUT2D eigenvalue weighted by atomic mass is 16.5. The van der Waals surface area contributed by atoms with E-state index in [0.29, 0.717) is 29.4 Å². The van der Waals surface area contributed by atoms with Crippen LogP contribution in [0, 0.1) is 12.8 Å². The van der Waals surface area contributed by atoms with Crippen LogP contribution >= 0.6 is 0 Å². The third-order valence-corrected chi connectivity index (χ3v) is 7.57. The molecule has 0 radical (unpaired) electrons. The van der Waals surface area contributed by atoms with E-state index in [1.165, 1.54) is 12.5 Å². The Labute approximate surface area is 210 Å². The number of fused-ring (bicyclic) bond motifs is 2. The molecule has 1 saturated carbocycles. The maximum atomic E-state index is 13.7. The molecule has 0 saturated heterocycles. The van der Waals surface area contributed by atoms with Gasteiger partial charge in [0.25, 0.3) is 0 Å². The molecular formula is C29H33NO6. The first-order valence-electron chi connectivity index (χ1n) is 12.7. The molecule has 1 fully saturated rings. The normalized spacial score (nSPS) is 18.1. The molecule has 7 nitrogen and oxygen atoms in total. The molecule has 1 atom stereocenters. The van der Waals surface area contributed by atoms with Crippen molar-refractivity contribution in [2.24, 2.45) is 5.92 Å². The summed E-state index contributed by atoms with van der Waals surface area (Å²) >= 11 is 0. The molecule has 2 heterocycles. The highest BCUT2D eigenvalue weighted by molar-refractivity contribution is 5.81. The third kappa shape index (κ3) is 4.66. The number of rotatable bonds is 6. The summed E-state index contributed by atoms with van der Waals surface area (Å²) in [6, 6.07) is 10.7. The van der Waals surface area contributed by atoms with Crippen LogP contribution in [0.2, 0.25) is 0 Å². The van der Waals surface area contributed by atoms with Crippen molar-refractivity contribution in [1.82, 2.24) is 4.90 Å². The van der Waals surface area contributed by atoms with Gasteiger partial charge in [-0.2, -0.15) is 0 Å². The van der Waals surface area contributed by atoms with E-state index < -0.39 is 0 Å². The molecular weight excluding hydrogens is 458 g/mol. The summed E-state index contributed by atoms with van der Waals surface area (Å²) in [4.78, 5) is 27.5. The van der Waals surface area contributed by atoms with E-state index in [0.717, 1.165) is 54.2 Å². The van der Waals surface area contributed by atoms with Crippen molar-refractivity contribution in [1.29, 1.82) is 0 Å². The third-order valence-electron chi connectivity index (χ3n) is 7.57. The van der Waals surface area contributed by atoms with Crippen LogP contribution < -0.4 is 19.8 Å². The Morgan fingerprint density at radius 1 is 1.03 bits per heavy atom. The molecule has 190 valence electrons. The molecule has 1 aliphatic heterocycles. The Morgan fingerprint density at radius 3 is 2.53 bits per heavy atom. The second-order valence-corrected chi connectivity index (χ2v) is 9.76. The minimum absolute atomic E-state index is 0.0702. The molecule has 3 aromatic rings. The molecule has 1 aromatic heterocycles. The second kappa shape index (κ2) is 10.2. The molecule has 36 heavy (non-hydrogen) atoms. The van der Waals surface area contributed by atoms with E-state index >= 15 is 0 Å². The molecule has 0 N–H and O–H groups in total. The van der Waals surface area contributed by atoms with Crippen molar-refractivity contribution in [2.75, 3.05) is 27.4 Å². The van der Waals surface area contributed by atoms with Crippen molar-refractivity contribution in [3.8, 4) is 17.2 Å². The molecule has 1 amide bonds. The summed E-state index contributed by atoms with van der Waals surface area (Å²) in [6.45, 7) is 2.80. The first-order valence-corrected chi connectivity index (χ1v) is 12.7. The zero-order chi connectivity index (χ0) is 25.2. The standard InChI is InChI=1S/C29H33NO6/c1-18-13-28(31)36-25-15-21(9-10-22(18)25)35-17-24-23-16-27(34-3)26(33-2)14-20(23)11-12-30(24)29(32)19-7-5-4-6-8-19/h9-10,13-16,19,24H,4-8,11-12,17H2,1-3H3/t24-/m1/s1. The number of methoxy groups -OCH3 is 2. The predicted molar refractivity (Wildman–Crippen MR) is 137 cm³/mol. The second-order valence-electron chi connectivity index (χ2n) is 9.76. The average molecular weight is 492 g/mol. The Bertz CT molecular complexity index is 1320. The van der Waals surface area contributed by atoms with Gasteiger partial charge in [0, 0.05) is 30.0 Å². The molecule has 0 unspecified atom stereocenters. The minimum Gasteiger partial charge on any atom is -0.493 e. The fraction of sp³-hybridized carbons (Fsp3) is 0.448. The number of hydrogen-bond acceptors (Lipinski definition) is 6. The topological polar surface area (TPSA) is 78.2 Å². The highest BCUT2D eigenvalue weighted by Crippen LogP contribution is 2.40. The van der Waals surface area contributed by atoms with Crippen molar-refractivity contribution < 1.29 is 23.4 Å². The minimum atomic E-state index is -0.386. The maximum Gasteiger partial charge on any atom is 0.336 e. The predicted octanol–water partition coefficient (Wildman–Crippen LogP) is 5.20. The van der Waals surface area contributed by atoms with Gasteiger partial charge >= 0.3 is 5.63 Å². The van der Waals surface area contributed by atoms with Gasteiger partial charge < -0.3 is 23.5 Å². The van der Waals surface area contributed by atoms with E-state index in [-0.39, 0.29) is 30.1 Å². The van der Waals surface area contributed by atoms with Gasteiger partial charge in [-0.05, 0) is 67.1 Å². The monoisotopic (exact) mass is 491 g/mol. The van der Waals surface area contributed by atoms with Crippen molar-refractivity contribution in [2.45, 2.75) is 51.5 Å². The number of nitrogens with zero attached hydrogens (tertiary/aromatic N) is 1. The van der Waals surface area contributed by atoms with Crippen LogP contribution in [0.25, 0.3) is 11.0 Å². The fourth-order valence-electron chi connectivity index (χ4n) is 5.63. The highest BCUT2D eigenvalue weighted by Gasteiger charge is 2.36. The Morgan fingerprint density at radius 2 is 1.78 bits per heavy atom. The van der Waals surface area contributed by atoms with Gasteiger partial charge in [0.05, 0.1) is 20.3 Å². The summed E-state index contributed by atoms with van der Waals surface area (Å²) in [5.41, 5.74) is 3.12. The van der Waals surface area contributed by atoms with Gasteiger partial charge in [0.15, 0.2) is 11.5 Å². The van der Waals surface area contributed by atoms with E-state index in [1.54, 1.807) is 20.3 Å². The van der Waals surface area contributed by atoms with Gasteiger partial charge in [-0.15, -0.1) is 0 Å². The van der Waals surface area contributed by atoms with E-state index in [2.05, 4.69) is 0 Å². The van der Waals surface area contributed by atoms with Crippen LogP contribution in [0.3, 0.4) is 0 Å². The Hall–Kier alpha value is -3.48. The lowest BCUT2D eigenvalue weighted by Gasteiger charge is -2.40. The molecule has 2 aromatic carbocycles. The van der Waals surface area contributed by atoms with Crippen LogP contribution in [-0.4, -0.2) is 38.2 Å². The van der Waals surface area contributed by atoms with E-state index in [4.69, 9.17) is 18.6 Å². The average Bonchev–Trinajstić information content (AvgIpc) is 2.90. The first-order chi connectivity index (χ1) is 17.5. The molecule has 0 bridgehead atoms. The largest absolute Gasteiger partial charge is 0.493 e. The van der Waals surface area contributed by atoms with E-state index in [1.807, 2.05) is 36.1 Å². The van der Waals surface area contributed by atoms with Crippen LogP contribution in [0.5, 0.6) is 17.2 Å². The van der Waals surface area contributed by atoms with Gasteiger partial charge in [-0.25, -0.2) is 4.79 Å². The van der Waals surface area contributed by atoms with Crippen LogP contribution in [0.4, 0.5) is 0 Å². The summed E-state index contributed by atoms with van der Waals surface area (Å²) in [5.74, 6) is 2.19. The first kappa shape index (κ1) is 24.2. The zero-order valence-corrected chi connectivity index (χ0v) is 21.2. The number of amides is 1. The van der Waals surface area contributed by atoms with Crippen molar-refractivity contribution >= 4 is 16.9 Å². The number of ether oxygens (including phenoxy) is 3. The molecule has 0 spiro atoms. The van der Waals surface area contributed by atoms with Gasteiger partial charge in [-0.3, -0.25) is 4.79 Å². The number of aryl methyl sites for hydroxylation is 1. The number of hydrogen-bond donors (Lipinski definition) is 0. The maximum absolute atomic E-state index is 13.7. The van der Waals surface area contributed by atoms with Crippen LogP contribution in [-0.2, 0) is 11.2 Å². The lowest BCUT2D eigenvalue weighted by molar-refractivity contribution is -0.140. The van der Waals surface area contributed by atoms with E-state index in [9.17, 15) is 9.59 Å². The number of carbonyl (C=O) groups excluding carboxylic acids is 1. The van der Waals surface area contributed by atoms with Crippen molar-refractivity contribution in [3.63, 3.8) is 0 Å². The summed E-state index contributed by atoms with van der Waals surface area (Å²) in [7, 11) is 3.25. The van der Waals surface area contributed by atoms with Gasteiger partial charge in [-0.1, -0.05) is 19.3 Å². The Kier molecular flexibility index (Phi) is 6.90. The fourth-order valence-corrected chi connectivity index (χ4v) is 5.63. The SMILES string of the molecule is COc1cc2c(cc1OC)[C@@H](COc1ccc3c(C)cc(=O)oc3c1)N(C(=O)C1CCCCC1)CC2. The van der Waals surface area contributed by atoms with Crippen LogP contribution in [0.15, 0.2) is 45.6 Å². The molecule has 5 rings (SSSR count). The molecule has 7 heteroatoms. The van der Waals surface area contributed by atoms with Crippen LogP contribution in [0.1, 0.15) is 54.8 Å². The quantitative estimate of drug-likeness (QED) is 0.441. The number of benzene rings is 2. The summed E-state index contributed by atoms with van der Waals surface area (Å²) in [5, 5.41) is 0.871. The molecule has 2 aliphatic rings. The zero-order valence-electron chi connectivity index (χ0n) is 21.2. The lowest BCUT2D eigenvalue weighted by Crippen LogP contribution is -2.45. The lowest BCUT2D eigenvalue weighted by atomic mass is 9.86. The molecule has 1 aliphatic carbocycles. The Balaban J connectivity index is 1.47. The summed E-state index contributed by atoms with van der Waals surface area (Å²) in [6.07, 6.45) is 6.07. The van der Waals surface area contributed by atoms with Gasteiger partial charge in [0.2, 0.25) is 5.91 Å². The number of carbonyl (C=O) groups is 1.